The Bertz CT molecular complexity index is 965. The van der Waals surface area contributed by atoms with Gasteiger partial charge in [-0.1, -0.05) is 30.3 Å². The van der Waals surface area contributed by atoms with Crippen LogP contribution < -0.4 is 10.5 Å². The van der Waals surface area contributed by atoms with E-state index < -0.39 is 20.0 Å². The molecule has 10 heteroatoms. The average Bonchev–Trinajstić information content (AvgIpc) is 2.62. The van der Waals surface area contributed by atoms with Crippen molar-refractivity contribution < 1.29 is 16.8 Å². The van der Waals surface area contributed by atoms with Gasteiger partial charge in [-0.3, -0.25) is 0 Å². The molecule has 0 saturated heterocycles. The first-order valence-electron chi connectivity index (χ1n) is 8.00. The molecule has 27 heavy (non-hydrogen) atoms. The normalized spacial score (nSPS) is 12.0. The van der Waals surface area contributed by atoms with Crippen LogP contribution in [0.15, 0.2) is 58.3 Å². The number of nitrogens with zero attached hydrogens (tertiary/aromatic N) is 1. The smallest absolute Gasteiger partial charge is 0.243 e. The largest absolute Gasteiger partial charge is 0.329 e. The lowest BCUT2D eigenvalue weighted by molar-refractivity contribution is 0.414. The second-order valence-electron chi connectivity index (χ2n) is 5.75. The number of halogens is 1. The van der Waals surface area contributed by atoms with Gasteiger partial charge in [-0.2, -0.15) is 4.31 Å². The van der Waals surface area contributed by atoms with Gasteiger partial charge < -0.3 is 5.73 Å². The Kier molecular flexibility index (Phi) is 8.40. The van der Waals surface area contributed by atoms with Gasteiger partial charge in [-0.05, 0) is 43.3 Å². The lowest BCUT2D eigenvalue weighted by atomic mass is 10.2. The number of sulfonamides is 2. The Morgan fingerprint density at radius 2 is 1.67 bits per heavy atom. The molecule has 0 aliphatic heterocycles. The van der Waals surface area contributed by atoms with Gasteiger partial charge in [0.2, 0.25) is 20.0 Å². The summed E-state index contributed by atoms with van der Waals surface area (Å²) >= 11 is 0. The summed E-state index contributed by atoms with van der Waals surface area (Å²) in [6, 6.07) is 13.2. The molecule has 0 spiro atoms. The molecule has 7 nitrogen and oxygen atoms in total. The summed E-state index contributed by atoms with van der Waals surface area (Å²) in [7, 11) is -6.16. The van der Waals surface area contributed by atoms with Crippen molar-refractivity contribution in [1.29, 1.82) is 0 Å². The monoisotopic (exact) mass is 433 g/mol. The van der Waals surface area contributed by atoms with E-state index in [4.69, 9.17) is 5.73 Å². The maximum Gasteiger partial charge on any atom is 0.243 e. The van der Waals surface area contributed by atoms with Crippen molar-refractivity contribution in [3.05, 3.63) is 59.7 Å². The van der Waals surface area contributed by atoms with Crippen molar-refractivity contribution in [2.45, 2.75) is 23.3 Å². The van der Waals surface area contributed by atoms with Crippen LogP contribution in [0, 0.1) is 6.92 Å². The summed E-state index contributed by atoms with van der Waals surface area (Å²) < 4.78 is 53.5. The van der Waals surface area contributed by atoms with Crippen LogP contribution in [0.4, 0.5) is 0 Å². The van der Waals surface area contributed by atoms with E-state index in [0.29, 0.717) is 5.56 Å². The third kappa shape index (κ3) is 5.50. The Balaban J connectivity index is 0.00000364. The number of rotatable bonds is 8. The van der Waals surface area contributed by atoms with Gasteiger partial charge in [-0.15, -0.1) is 12.4 Å². The van der Waals surface area contributed by atoms with Crippen LogP contribution in [0.1, 0.15) is 11.1 Å². The van der Waals surface area contributed by atoms with Gasteiger partial charge in [0.05, 0.1) is 9.79 Å². The van der Waals surface area contributed by atoms with Crippen molar-refractivity contribution in [3.8, 4) is 0 Å². The maximum absolute atomic E-state index is 13.0. The van der Waals surface area contributed by atoms with Gasteiger partial charge in [0.1, 0.15) is 0 Å². The first kappa shape index (κ1) is 23.5. The first-order valence-corrected chi connectivity index (χ1v) is 10.9. The van der Waals surface area contributed by atoms with E-state index in [1.807, 2.05) is 30.3 Å². The third-order valence-corrected chi connectivity index (χ3v) is 7.34. The molecule has 0 radical (unpaired) electrons. The minimum absolute atomic E-state index is 0. The lowest BCUT2D eigenvalue weighted by Gasteiger charge is -2.22. The zero-order valence-corrected chi connectivity index (χ0v) is 17.6. The van der Waals surface area contributed by atoms with Crippen LogP contribution in [0.3, 0.4) is 0 Å². The van der Waals surface area contributed by atoms with Gasteiger partial charge in [0.15, 0.2) is 0 Å². The number of hydrogen-bond acceptors (Lipinski definition) is 5. The van der Waals surface area contributed by atoms with Crippen LogP contribution in [-0.2, 0) is 26.6 Å². The van der Waals surface area contributed by atoms with Gasteiger partial charge in [-0.25, -0.2) is 21.6 Å². The Morgan fingerprint density at radius 1 is 1.04 bits per heavy atom. The topological polar surface area (TPSA) is 110 Å². The summed E-state index contributed by atoms with van der Waals surface area (Å²) in [6.45, 7) is 2.09. The quantitative estimate of drug-likeness (QED) is 0.655. The maximum atomic E-state index is 13.0. The number of aryl methyl sites for hydroxylation is 1. The van der Waals surface area contributed by atoms with Crippen molar-refractivity contribution in [3.63, 3.8) is 0 Å². The molecule has 0 aliphatic carbocycles. The first-order chi connectivity index (χ1) is 12.2. The highest BCUT2D eigenvalue weighted by Gasteiger charge is 2.26. The van der Waals surface area contributed by atoms with Crippen LogP contribution in [0.2, 0.25) is 0 Å². The fourth-order valence-corrected chi connectivity index (χ4v) is 5.04. The van der Waals surface area contributed by atoms with Crippen molar-refractivity contribution in [1.82, 2.24) is 9.03 Å². The fourth-order valence-electron chi connectivity index (χ4n) is 2.56. The van der Waals surface area contributed by atoms with E-state index in [0.717, 1.165) is 5.56 Å². The molecule has 2 aromatic carbocycles. The molecule has 3 N–H and O–H groups in total. The SMILES string of the molecule is CNS(=O)(=O)c1ccc(S(=O)(=O)N(CCN)Cc2ccccc2)cc1C.Cl. The molecular weight excluding hydrogens is 410 g/mol. The van der Waals surface area contributed by atoms with E-state index in [1.165, 1.54) is 29.6 Å². The van der Waals surface area contributed by atoms with Crippen LogP contribution in [0.25, 0.3) is 0 Å². The lowest BCUT2D eigenvalue weighted by Crippen LogP contribution is -2.35. The third-order valence-electron chi connectivity index (χ3n) is 3.92. The molecule has 0 saturated carbocycles. The average molecular weight is 434 g/mol. The van der Waals surface area contributed by atoms with Gasteiger partial charge in [0.25, 0.3) is 0 Å². The number of nitrogens with one attached hydrogen (secondary N) is 1. The molecule has 0 aliphatic rings. The zero-order chi connectivity index (χ0) is 19.4. The Labute approximate surface area is 167 Å². The van der Waals surface area contributed by atoms with Crippen molar-refractivity contribution in [2.75, 3.05) is 20.1 Å². The van der Waals surface area contributed by atoms with E-state index in [9.17, 15) is 16.8 Å². The van der Waals surface area contributed by atoms with E-state index in [1.54, 1.807) is 6.92 Å². The van der Waals surface area contributed by atoms with E-state index in [2.05, 4.69) is 4.72 Å². The molecule has 150 valence electrons. The standard InChI is InChI=1S/C17H23N3O4S2.ClH/c1-14-12-16(8-9-17(14)25(21,22)19-2)26(23,24)20(11-10-18)13-15-6-4-3-5-7-15;/h3-9,12,19H,10-11,13,18H2,1-2H3;1H. The minimum Gasteiger partial charge on any atom is -0.329 e. The van der Waals surface area contributed by atoms with Crippen molar-refractivity contribution >= 4 is 32.5 Å². The summed E-state index contributed by atoms with van der Waals surface area (Å²) in [5, 5.41) is 0. The van der Waals surface area contributed by atoms with Crippen molar-refractivity contribution in [2.24, 2.45) is 5.73 Å². The molecule has 0 fully saturated rings. The summed E-state index contributed by atoms with van der Waals surface area (Å²) in [4.78, 5) is 0.0850. The predicted octanol–water partition coefficient (Wildman–Crippen LogP) is 1.47. The molecule has 2 aromatic rings. The highest BCUT2D eigenvalue weighted by molar-refractivity contribution is 7.89. The van der Waals surface area contributed by atoms with Gasteiger partial charge in [0, 0.05) is 19.6 Å². The number of benzene rings is 2. The zero-order valence-electron chi connectivity index (χ0n) is 15.1. The number of nitrogens with two attached hydrogens (primary N) is 1. The summed E-state index contributed by atoms with van der Waals surface area (Å²) in [5.41, 5.74) is 6.79. The molecule has 0 atom stereocenters. The van der Waals surface area contributed by atoms with Crippen LogP contribution in [-0.4, -0.2) is 41.3 Å². The van der Waals surface area contributed by atoms with E-state index in [-0.39, 0.29) is 41.8 Å². The predicted molar refractivity (Wildman–Crippen MR) is 108 cm³/mol. The second kappa shape index (κ2) is 9.63. The molecule has 0 unspecified atom stereocenters. The highest BCUT2D eigenvalue weighted by Crippen LogP contribution is 2.23. The molecule has 0 aromatic heterocycles. The number of hydrogen-bond donors (Lipinski definition) is 2. The molecule has 0 amide bonds. The highest BCUT2D eigenvalue weighted by atomic mass is 35.5. The molecule has 2 rings (SSSR count). The molecular formula is C17H24ClN3O4S2. The Morgan fingerprint density at radius 3 is 2.19 bits per heavy atom. The van der Waals surface area contributed by atoms with Crippen LogP contribution >= 0.6 is 12.4 Å². The fraction of sp³-hybridized carbons (Fsp3) is 0.294. The minimum atomic E-state index is -3.81. The summed E-state index contributed by atoms with van der Waals surface area (Å²) in [6.07, 6.45) is 0. The molecule has 0 bridgehead atoms. The van der Waals surface area contributed by atoms with Crippen LogP contribution in [0.5, 0.6) is 0 Å². The van der Waals surface area contributed by atoms with Gasteiger partial charge >= 0.3 is 0 Å². The van der Waals surface area contributed by atoms with E-state index >= 15 is 0 Å². The second-order valence-corrected chi connectivity index (χ2v) is 9.54. The Hall–Kier alpha value is -1.49. The molecule has 0 heterocycles. The summed E-state index contributed by atoms with van der Waals surface area (Å²) in [5.74, 6) is 0.